The Hall–Kier alpha value is -1.14. The van der Waals surface area contributed by atoms with E-state index in [0.29, 0.717) is 0 Å². The van der Waals surface area contributed by atoms with Crippen LogP contribution in [0.2, 0.25) is 0 Å². The van der Waals surface area contributed by atoms with Gasteiger partial charge in [0, 0.05) is 6.20 Å². The first-order valence-corrected chi connectivity index (χ1v) is 2.26. The van der Waals surface area contributed by atoms with Crippen LogP contribution in [0.1, 0.15) is 6.92 Å². The van der Waals surface area contributed by atoms with Crippen LogP contribution in [-0.2, 0) is 0 Å². The van der Waals surface area contributed by atoms with Crippen LogP contribution in [0, 0.1) is 0 Å². The van der Waals surface area contributed by atoms with Crippen molar-refractivity contribution in [1.29, 1.82) is 0 Å². The van der Waals surface area contributed by atoms with Crippen LogP contribution in [0.15, 0.2) is 28.5 Å². The molecule has 0 bridgehead atoms. The van der Waals surface area contributed by atoms with Gasteiger partial charge in [0.15, 0.2) is 0 Å². The topological polar surface area (TPSA) is 24.7 Å². The summed E-state index contributed by atoms with van der Waals surface area (Å²) in [6.07, 6.45) is 4.73. The predicted molar refractivity (Wildman–Crippen MR) is 36.4 cm³/mol. The Kier molecular flexibility index (Phi) is 5.02. The predicted octanol–water partition coefficient (Wildman–Crippen LogP) is 1.40. The largest absolute Gasteiger partial charge is 0.271 e. The Bertz CT molecular complexity index is 139. The summed E-state index contributed by atoms with van der Waals surface area (Å²) in [7, 11) is 0. The molecule has 2 nitrogen and oxygen atoms in total. The van der Waals surface area contributed by atoms with Crippen molar-refractivity contribution in [2.45, 2.75) is 6.92 Å². The number of aliphatic imine (C=N–C) groups is 2. The van der Waals surface area contributed by atoms with E-state index in [4.69, 9.17) is 0 Å². The van der Waals surface area contributed by atoms with Crippen molar-refractivity contribution >= 4 is 12.6 Å². The van der Waals surface area contributed by atoms with Crippen molar-refractivity contribution < 1.29 is 0 Å². The molecule has 0 atom stereocenters. The van der Waals surface area contributed by atoms with Gasteiger partial charge in [-0.3, -0.25) is 4.99 Å². The summed E-state index contributed by atoms with van der Waals surface area (Å²) in [5.74, 6) is 2.61. The Labute approximate surface area is 49.0 Å². The first-order chi connectivity index (χ1) is 3.91. The second-order valence-electron chi connectivity index (χ2n) is 1.03. The van der Waals surface area contributed by atoms with E-state index in [1.165, 1.54) is 12.4 Å². The molecular formula is C6H8N2. The summed E-state index contributed by atoms with van der Waals surface area (Å²) in [5.41, 5.74) is 0. The number of hydrogen-bond donors (Lipinski definition) is 0. The van der Waals surface area contributed by atoms with Crippen LogP contribution in [0.3, 0.4) is 0 Å². The number of allylic oxidation sites excluding steroid dienone is 1. The van der Waals surface area contributed by atoms with E-state index in [9.17, 15) is 0 Å². The fraction of sp³-hybridized carbons (Fsp3) is 0.167. The van der Waals surface area contributed by atoms with Gasteiger partial charge in [0.05, 0.1) is 6.20 Å². The standard InChI is InChI=1S/C6H8N2/c1-3-4-8-6-5-7-2/h3,5-6H,2H2,1H3/b6-5-. The van der Waals surface area contributed by atoms with Gasteiger partial charge in [-0.15, -0.1) is 0 Å². The fourth-order valence-corrected chi connectivity index (χ4v) is 0.198. The Balaban J connectivity index is 3.58. The van der Waals surface area contributed by atoms with E-state index in [-0.39, 0.29) is 0 Å². The Morgan fingerprint density at radius 2 is 2.25 bits per heavy atom. The lowest BCUT2D eigenvalue weighted by Crippen LogP contribution is -1.48. The molecule has 2 heteroatoms. The fourth-order valence-electron chi connectivity index (χ4n) is 0.198. The van der Waals surface area contributed by atoms with Crippen molar-refractivity contribution in [2.75, 3.05) is 0 Å². The van der Waals surface area contributed by atoms with E-state index in [1.54, 1.807) is 6.08 Å². The first kappa shape index (κ1) is 6.86. The van der Waals surface area contributed by atoms with Crippen LogP contribution in [0.4, 0.5) is 0 Å². The number of hydrogen-bond acceptors (Lipinski definition) is 2. The number of rotatable bonds is 2. The zero-order valence-corrected chi connectivity index (χ0v) is 4.83. The summed E-state index contributed by atoms with van der Waals surface area (Å²) >= 11 is 0. The minimum Gasteiger partial charge on any atom is -0.271 e. The highest BCUT2D eigenvalue weighted by Gasteiger charge is 1.52. The van der Waals surface area contributed by atoms with Gasteiger partial charge in [0.2, 0.25) is 0 Å². The molecular weight excluding hydrogens is 100 g/mol. The van der Waals surface area contributed by atoms with Gasteiger partial charge in [-0.05, 0) is 25.6 Å². The summed E-state index contributed by atoms with van der Waals surface area (Å²) < 4.78 is 0. The second-order valence-corrected chi connectivity index (χ2v) is 1.03. The van der Waals surface area contributed by atoms with Crippen LogP contribution in [-0.4, -0.2) is 12.6 Å². The van der Waals surface area contributed by atoms with Crippen LogP contribution >= 0.6 is 0 Å². The molecule has 0 saturated carbocycles. The minimum absolute atomic E-state index is 1.50. The van der Waals surface area contributed by atoms with E-state index in [1.807, 2.05) is 6.92 Å². The first-order valence-electron chi connectivity index (χ1n) is 2.26. The number of nitrogens with zero attached hydrogens (tertiary/aromatic N) is 2. The molecule has 0 rings (SSSR count). The zero-order chi connectivity index (χ0) is 6.24. The van der Waals surface area contributed by atoms with Crippen molar-refractivity contribution in [3.63, 3.8) is 0 Å². The molecule has 0 heterocycles. The quantitative estimate of drug-likeness (QED) is 0.478. The minimum atomic E-state index is 1.50. The highest BCUT2D eigenvalue weighted by atomic mass is 14.7. The normalized spacial score (nSPS) is 8.12. The SMILES string of the molecule is C=N/C=C\N=C=CC. The summed E-state index contributed by atoms with van der Waals surface area (Å²) in [4.78, 5) is 7.09. The molecule has 0 aliphatic carbocycles. The van der Waals surface area contributed by atoms with Crippen LogP contribution in [0.5, 0.6) is 0 Å². The van der Waals surface area contributed by atoms with Crippen molar-refractivity contribution in [3.05, 3.63) is 18.5 Å². The summed E-state index contributed by atoms with van der Waals surface area (Å²) in [5, 5.41) is 0. The second kappa shape index (κ2) is 5.86. The maximum atomic E-state index is 3.66. The Morgan fingerprint density at radius 1 is 1.50 bits per heavy atom. The maximum absolute atomic E-state index is 3.66. The van der Waals surface area contributed by atoms with Crippen molar-refractivity contribution in [3.8, 4) is 0 Å². The van der Waals surface area contributed by atoms with E-state index in [2.05, 4.69) is 22.6 Å². The molecule has 8 heavy (non-hydrogen) atoms. The lowest BCUT2D eigenvalue weighted by molar-refractivity contribution is 1.51. The molecule has 0 fully saturated rings. The molecule has 0 N–H and O–H groups in total. The molecule has 0 aliphatic heterocycles. The molecule has 0 spiro atoms. The highest BCUT2D eigenvalue weighted by molar-refractivity contribution is 5.51. The third kappa shape index (κ3) is 4.86. The molecule has 0 aliphatic rings. The van der Waals surface area contributed by atoms with Crippen LogP contribution in [0.25, 0.3) is 0 Å². The van der Waals surface area contributed by atoms with Gasteiger partial charge >= 0.3 is 0 Å². The summed E-state index contributed by atoms with van der Waals surface area (Å²) in [6.45, 7) is 5.07. The van der Waals surface area contributed by atoms with Gasteiger partial charge in [0.1, 0.15) is 0 Å². The van der Waals surface area contributed by atoms with Crippen molar-refractivity contribution in [1.82, 2.24) is 0 Å². The molecule has 0 aromatic rings. The van der Waals surface area contributed by atoms with Crippen LogP contribution < -0.4 is 0 Å². The molecule has 0 aromatic carbocycles. The average Bonchev–Trinajstić information content (AvgIpc) is 1.81. The molecule has 0 aromatic heterocycles. The highest BCUT2D eigenvalue weighted by Crippen LogP contribution is 1.70. The van der Waals surface area contributed by atoms with Gasteiger partial charge in [0.25, 0.3) is 0 Å². The maximum Gasteiger partial charge on any atom is 0.0550 e. The van der Waals surface area contributed by atoms with Gasteiger partial charge < -0.3 is 0 Å². The zero-order valence-electron chi connectivity index (χ0n) is 4.83. The van der Waals surface area contributed by atoms with E-state index in [0.717, 1.165) is 0 Å². The summed E-state index contributed by atoms with van der Waals surface area (Å²) in [6, 6.07) is 0. The van der Waals surface area contributed by atoms with Gasteiger partial charge in [-0.1, -0.05) is 0 Å². The Morgan fingerprint density at radius 3 is 2.75 bits per heavy atom. The lowest BCUT2D eigenvalue weighted by atomic mass is 10.7. The van der Waals surface area contributed by atoms with Gasteiger partial charge in [-0.25, -0.2) is 4.99 Å². The lowest BCUT2D eigenvalue weighted by Gasteiger charge is -1.64. The molecule has 0 saturated heterocycles. The molecule has 42 valence electrons. The average molecular weight is 108 g/mol. The third-order valence-corrected chi connectivity index (χ3v) is 0.450. The van der Waals surface area contributed by atoms with E-state index < -0.39 is 0 Å². The molecule has 0 radical (unpaired) electrons. The van der Waals surface area contributed by atoms with E-state index >= 15 is 0 Å². The molecule has 0 amide bonds. The third-order valence-electron chi connectivity index (χ3n) is 0.450. The van der Waals surface area contributed by atoms with Gasteiger partial charge in [-0.2, -0.15) is 0 Å². The van der Waals surface area contributed by atoms with Crippen molar-refractivity contribution in [2.24, 2.45) is 9.98 Å². The smallest absolute Gasteiger partial charge is 0.0550 e. The molecule has 0 unspecified atom stereocenters. The monoisotopic (exact) mass is 108 g/mol.